The molecular weight excluding hydrogens is 356 g/mol. The summed E-state index contributed by atoms with van der Waals surface area (Å²) in [6.07, 6.45) is 7.65. The lowest BCUT2D eigenvalue weighted by molar-refractivity contribution is -0.135. The van der Waals surface area contributed by atoms with Crippen molar-refractivity contribution in [2.45, 2.75) is 71.1 Å². The van der Waals surface area contributed by atoms with Crippen LogP contribution in [0.25, 0.3) is 0 Å². The SMILES string of the molecule is CC(C)(C)c1cc(NC(=O)N2CCCN(C(=O)C3CCCCCC3)CC2)no1. The van der Waals surface area contributed by atoms with Gasteiger partial charge in [0.25, 0.3) is 0 Å². The number of nitrogens with zero attached hydrogens (tertiary/aromatic N) is 3. The van der Waals surface area contributed by atoms with E-state index in [1.54, 1.807) is 11.0 Å². The molecule has 2 fully saturated rings. The zero-order chi connectivity index (χ0) is 20.1. The Bertz CT molecular complexity index is 671. The largest absolute Gasteiger partial charge is 0.359 e. The summed E-state index contributed by atoms with van der Waals surface area (Å²) >= 11 is 0. The molecular formula is C21H34N4O3. The molecule has 0 atom stereocenters. The fraction of sp³-hybridized carbons (Fsp3) is 0.762. The maximum atomic E-state index is 12.9. The van der Waals surface area contributed by atoms with Gasteiger partial charge in [-0.1, -0.05) is 51.6 Å². The fourth-order valence-corrected chi connectivity index (χ4v) is 4.00. The van der Waals surface area contributed by atoms with Crippen molar-refractivity contribution in [3.05, 3.63) is 11.8 Å². The Morgan fingerprint density at radius 2 is 1.64 bits per heavy atom. The van der Waals surface area contributed by atoms with Gasteiger partial charge in [-0.05, 0) is 19.3 Å². The van der Waals surface area contributed by atoms with Crippen LogP contribution < -0.4 is 5.32 Å². The van der Waals surface area contributed by atoms with Gasteiger partial charge in [0.1, 0.15) is 5.76 Å². The van der Waals surface area contributed by atoms with E-state index in [1.165, 1.54) is 12.8 Å². The Balaban J connectivity index is 1.53. The van der Waals surface area contributed by atoms with Crippen molar-refractivity contribution >= 4 is 17.8 Å². The molecule has 3 rings (SSSR count). The highest BCUT2D eigenvalue weighted by Gasteiger charge is 2.28. The van der Waals surface area contributed by atoms with Crippen molar-refractivity contribution in [3.8, 4) is 0 Å². The van der Waals surface area contributed by atoms with Crippen LogP contribution in [-0.4, -0.2) is 53.1 Å². The number of aromatic nitrogens is 1. The maximum Gasteiger partial charge on any atom is 0.323 e. The molecule has 0 bridgehead atoms. The van der Waals surface area contributed by atoms with Crippen molar-refractivity contribution in [1.29, 1.82) is 0 Å². The van der Waals surface area contributed by atoms with Crippen molar-refractivity contribution in [1.82, 2.24) is 15.0 Å². The minimum absolute atomic E-state index is 0.155. The molecule has 7 heteroatoms. The second-order valence-electron chi connectivity index (χ2n) is 9.11. The summed E-state index contributed by atoms with van der Waals surface area (Å²) < 4.78 is 5.33. The highest BCUT2D eigenvalue weighted by molar-refractivity contribution is 5.88. The van der Waals surface area contributed by atoms with Gasteiger partial charge in [0.2, 0.25) is 5.91 Å². The van der Waals surface area contributed by atoms with Crippen LogP contribution in [0, 0.1) is 5.92 Å². The van der Waals surface area contributed by atoms with E-state index < -0.39 is 0 Å². The third-order valence-corrected chi connectivity index (χ3v) is 5.78. The lowest BCUT2D eigenvalue weighted by Gasteiger charge is -2.26. The predicted molar refractivity (Wildman–Crippen MR) is 108 cm³/mol. The second-order valence-corrected chi connectivity index (χ2v) is 9.11. The van der Waals surface area contributed by atoms with Crippen LogP contribution in [0.2, 0.25) is 0 Å². The number of hydrogen-bond donors (Lipinski definition) is 1. The first-order chi connectivity index (χ1) is 13.3. The molecule has 1 N–H and O–H groups in total. The Morgan fingerprint density at radius 3 is 2.29 bits per heavy atom. The lowest BCUT2D eigenvalue weighted by Crippen LogP contribution is -2.41. The van der Waals surface area contributed by atoms with E-state index in [0.717, 1.165) is 44.4 Å². The molecule has 0 spiro atoms. The summed E-state index contributed by atoms with van der Waals surface area (Å²) in [5.74, 6) is 1.63. The molecule has 28 heavy (non-hydrogen) atoms. The van der Waals surface area contributed by atoms with Crippen molar-refractivity contribution in [2.75, 3.05) is 31.5 Å². The van der Waals surface area contributed by atoms with Gasteiger partial charge < -0.3 is 14.3 Å². The average molecular weight is 391 g/mol. The summed E-state index contributed by atoms with van der Waals surface area (Å²) in [6, 6.07) is 1.59. The first-order valence-corrected chi connectivity index (χ1v) is 10.7. The molecule has 3 amide bonds. The minimum atomic E-state index is -0.183. The molecule has 0 aromatic carbocycles. The number of anilines is 1. The van der Waals surface area contributed by atoms with Gasteiger partial charge in [0, 0.05) is 43.6 Å². The Kier molecular flexibility index (Phi) is 6.62. The molecule has 1 aliphatic heterocycles. The predicted octanol–water partition coefficient (Wildman–Crippen LogP) is 4.01. The molecule has 7 nitrogen and oxygen atoms in total. The molecule has 2 heterocycles. The van der Waals surface area contributed by atoms with Gasteiger partial charge in [0.15, 0.2) is 5.82 Å². The smallest absolute Gasteiger partial charge is 0.323 e. The van der Waals surface area contributed by atoms with E-state index in [-0.39, 0.29) is 23.3 Å². The van der Waals surface area contributed by atoms with Crippen LogP contribution in [0.3, 0.4) is 0 Å². The van der Waals surface area contributed by atoms with Crippen LogP contribution in [0.5, 0.6) is 0 Å². The second kappa shape index (κ2) is 8.97. The number of nitrogens with one attached hydrogen (secondary N) is 1. The van der Waals surface area contributed by atoms with E-state index >= 15 is 0 Å². The Morgan fingerprint density at radius 1 is 1.00 bits per heavy atom. The van der Waals surface area contributed by atoms with E-state index in [9.17, 15) is 9.59 Å². The number of hydrogen-bond acceptors (Lipinski definition) is 4. The summed E-state index contributed by atoms with van der Waals surface area (Å²) in [5, 5.41) is 6.78. The zero-order valence-electron chi connectivity index (χ0n) is 17.5. The Hall–Kier alpha value is -2.05. The minimum Gasteiger partial charge on any atom is -0.359 e. The quantitative estimate of drug-likeness (QED) is 0.774. The van der Waals surface area contributed by atoms with Gasteiger partial charge >= 0.3 is 6.03 Å². The molecule has 156 valence electrons. The van der Waals surface area contributed by atoms with Crippen LogP contribution in [-0.2, 0) is 10.2 Å². The number of carbonyl (C=O) groups excluding carboxylic acids is 2. The van der Waals surface area contributed by atoms with Crippen LogP contribution in [0.15, 0.2) is 10.6 Å². The van der Waals surface area contributed by atoms with E-state index in [4.69, 9.17) is 4.52 Å². The molecule has 2 aliphatic rings. The van der Waals surface area contributed by atoms with Gasteiger partial charge in [-0.25, -0.2) is 4.79 Å². The summed E-state index contributed by atoms with van der Waals surface area (Å²) in [7, 11) is 0. The highest BCUT2D eigenvalue weighted by atomic mass is 16.5. The van der Waals surface area contributed by atoms with E-state index in [0.29, 0.717) is 25.5 Å². The normalized spacial score (nSPS) is 19.8. The maximum absolute atomic E-state index is 12.9. The molecule has 1 aromatic heterocycles. The van der Waals surface area contributed by atoms with Gasteiger partial charge in [-0.3, -0.25) is 10.1 Å². The number of urea groups is 1. The lowest BCUT2D eigenvalue weighted by atomic mass is 9.93. The molecule has 1 aliphatic carbocycles. The molecule has 1 saturated carbocycles. The average Bonchev–Trinajstić information content (AvgIpc) is 2.86. The van der Waals surface area contributed by atoms with Crippen LogP contribution in [0.4, 0.5) is 10.6 Å². The molecule has 0 unspecified atom stereocenters. The van der Waals surface area contributed by atoms with E-state index in [2.05, 4.69) is 10.5 Å². The molecule has 0 radical (unpaired) electrons. The first kappa shape index (κ1) is 20.7. The van der Waals surface area contributed by atoms with Gasteiger partial charge in [-0.2, -0.15) is 0 Å². The standard InChI is InChI=1S/C21H34N4O3/c1-21(2,3)17-15-18(23-28-17)22-20(27)25-12-8-11-24(13-14-25)19(26)16-9-6-4-5-7-10-16/h15-16H,4-14H2,1-3H3,(H,22,23,27). The first-order valence-electron chi connectivity index (χ1n) is 10.7. The number of carbonyl (C=O) groups is 2. The van der Waals surface area contributed by atoms with Crippen LogP contribution >= 0.6 is 0 Å². The number of rotatable bonds is 2. The molecule has 1 saturated heterocycles. The highest BCUT2D eigenvalue weighted by Crippen LogP contribution is 2.26. The monoisotopic (exact) mass is 390 g/mol. The Labute approximate surface area is 167 Å². The third-order valence-electron chi connectivity index (χ3n) is 5.78. The third kappa shape index (κ3) is 5.26. The topological polar surface area (TPSA) is 78.7 Å². The summed E-state index contributed by atoms with van der Waals surface area (Å²) in [4.78, 5) is 29.3. The van der Waals surface area contributed by atoms with Gasteiger partial charge in [0.05, 0.1) is 0 Å². The summed E-state index contributed by atoms with van der Waals surface area (Å²) in [5.41, 5.74) is -0.155. The number of amides is 3. The zero-order valence-corrected chi connectivity index (χ0v) is 17.5. The molecule has 1 aromatic rings. The fourth-order valence-electron chi connectivity index (χ4n) is 4.00. The van der Waals surface area contributed by atoms with Crippen LogP contribution in [0.1, 0.15) is 71.5 Å². The van der Waals surface area contributed by atoms with E-state index in [1.807, 2.05) is 25.7 Å². The van der Waals surface area contributed by atoms with Crippen molar-refractivity contribution in [3.63, 3.8) is 0 Å². The van der Waals surface area contributed by atoms with Gasteiger partial charge in [-0.15, -0.1) is 0 Å². The summed E-state index contributed by atoms with van der Waals surface area (Å²) in [6.45, 7) is 8.64. The van der Waals surface area contributed by atoms with Crippen molar-refractivity contribution in [2.24, 2.45) is 5.92 Å². The van der Waals surface area contributed by atoms with Crippen molar-refractivity contribution < 1.29 is 14.1 Å².